The van der Waals surface area contributed by atoms with Gasteiger partial charge in [-0.05, 0) is 28.8 Å². The molecule has 0 saturated carbocycles. The largest absolute Gasteiger partial charge is 0.236 e. The van der Waals surface area contributed by atoms with Crippen LogP contribution in [-0.4, -0.2) is 19.9 Å². The van der Waals surface area contributed by atoms with Gasteiger partial charge in [0.25, 0.3) is 0 Å². The van der Waals surface area contributed by atoms with Gasteiger partial charge in [-0.15, -0.1) is 11.3 Å². The topological polar surface area (TPSA) is 51.6 Å². The number of nitrogens with zero attached hydrogens (tertiary/aromatic N) is 4. The van der Waals surface area contributed by atoms with Crippen LogP contribution in [0.25, 0.3) is 87.8 Å². The minimum Gasteiger partial charge on any atom is -0.236 e. The molecule has 9 aromatic rings. The van der Waals surface area contributed by atoms with Gasteiger partial charge < -0.3 is 0 Å². The number of hydrogen-bond acceptors (Lipinski definition) is 5. The molecule has 4 nitrogen and oxygen atoms in total. The van der Waals surface area contributed by atoms with Crippen molar-refractivity contribution in [2.24, 2.45) is 0 Å². The van der Waals surface area contributed by atoms with Crippen molar-refractivity contribution in [1.82, 2.24) is 19.9 Å². The van der Waals surface area contributed by atoms with Crippen LogP contribution in [0, 0.1) is 0 Å². The molecule has 5 heteroatoms. The molecule has 0 atom stereocenters. The molecule has 0 spiro atoms. The second-order valence-corrected chi connectivity index (χ2v) is 12.9. The molecule has 0 aliphatic carbocycles. The van der Waals surface area contributed by atoms with Crippen LogP contribution in [0.1, 0.15) is 0 Å². The van der Waals surface area contributed by atoms with Gasteiger partial charge in [0.1, 0.15) is 4.83 Å². The third kappa shape index (κ3) is 5.46. The van der Waals surface area contributed by atoms with Gasteiger partial charge in [0, 0.05) is 49.5 Å². The monoisotopic (exact) mass is 644 g/mol. The Labute approximate surface area is 288 Å². The number of thiophene rings is 1. The second-order valence-electron chi connectivity index (χ2n) is 11.9. The van der Waals surface area contributed by atoms with E-state index in [1.165, 1.54) is 10.3 Å². The predicted molar refractivity (Wildman–Crippen MR) is 203 cm³/mol. The summed E-state index contributed by atoms with van der Waals surface area (Å²) in [6.07, 6.45) is 1.95. The van der Waals surface area contributed by atoms with Crippen molar-refractivity contribution in [2.45, 2.75) is 0 Å². The summed E-state index contributed by atoms with van der Waals surface area (Å²) >= 11 is 1.71. The van der Waals surface area contributed by atoms with Crippen LogP contribution in [0.5, 0.6) is 0 Å². The Bertz CT molecular complexity index is 2580. The molecule has 0 radical (unpaired) electrons. The minimum atomic E-state index is 0.699. The third-order valence-electron chi connectivity index (χ3n) is 8.80. The molecule has 230 valence electrons. The van der Waals surface area contributed by atoms with Crippen LogP contribution in [-0.2, 0) is 0 Å². The fraction of sp³-hybridized carbons (Fsp3) is 0. The average Bonchev–Trinajstić information content (AvgIpc) is 3.57. The van der Waals surface area contributed by atoms with E-state index in [1.807, 2.05) is 60.8 Å². The van der Waals surface area contributed by atoms with Crippen molar-refractivity contribution in [2.75, 3.05) is 0 Å². The van der Waals surface area contributed by atoms with Crippen molar-refractivity contribution in [3.63, 3.8) is 0 Å². The van der Waals surface area contributed by atoms with E-state index in [0.717, 1.165) is 65.9 Å². The molecule has 0 unspecified atom stereocenters. The van der Waals surface area contributed by atoms with Gasteiger partial charge >= 0.3 is 0 Å². The lowest BCUT2D eigenvalue weighted by atomic mass is 9.97. The Morgan fingerprint density at radius 3 is 1.69 bits per heavy atom. The first-order chi connectivity index (χ1) is 24.3. The molecule has 0 saturated heterocycles. The number of rotatable bonds is 6. The van der Waals surface area contributed by atoms with Crippen molar-refractivity contribution < 1.29 is 0 Å². The number of benzene rings is 6. The summed E-state index contributed by atoms with van der Waals surface area (Å²) in [6.45, 7) is 0. The summed E-state index contributed by atoms with van der Waals surface area (Å²) in [5.41, 5.74) is 10.1. The highest BCUT2D eigenvalue weighted by Gasteiger charge is 2.19. The highest BCUT2D eigenvalue weighted by molar-refractivity contribution is 7.25. The van der Waals surface area contributed by atoms with Crippen molar-refractivity contribution in [3.05, 3.63) is 170 Å². The number of fused-ring (bicyclic) bond motifs is 3. The maximum absolute atomic E-state index is 5.30. The van der Waals surface area contributed by atoms with Crippen LogP contribution < -0.4 is 0 Å². The molecule has 3 heterocycles. The summed E-state index contributed by atoms with van der Waals surface area (Å²) in [6, 6.07) is 56.5. The van der Waals surface area contributed by atoms with Gasteiger partial charge in [-0.1, -0.05) is 152 Å². The third-order valence-corrected chi connectivity index (χ3v) is 9.87. The smallest absolute Gasteiger partial charge is 0.161 e. The zero-order valence-corrected chi connectivity index (χ0v) is 27.2. The molecule has 0 amide bonds. The number of hydrogen-bond donors (Lipinski definition) is 0. The van der Waals surface area contributed by atoms with E-state index in [4.69, 9.17) is 19.9 Å². The van der Waals surface area contributed by atoms with Crippen molar-refractivity contribution >= 4 is 31.6 Å². The van der Waals surface area contributed by atoms with Crippen LogP contribution in [0.3, 0.4) is 0 Å². The average molecular weight is 645 g/mol. The van der Waals surface area contributed by atoms with E-state index in [1.54, 1.807) is 11.3 Å². The molecular weight excluding hydrogens is 617 g/mol. The first-order valence-corrected chi connectivity index (χ1v) is 17.0. The van der Waals surface area contributed by atoms with Gasteiger partial charge in [0.2, 0.25) is 0 Å². The van der Waals surface area contributed by atoms with E-state index >= 15 is 0 Å². The highest BCUT2D eigenvalue weighted by atomic mass is 32.1. The van der Waals surface area contributed by atoms with Gasteiger partial charge in [-0.3, -0.25) is 0 Å². The lowest BCUT2D eigenvalue weighted by molar-refractivity contribution is 1.18. The van der Waals surface area contributed by atoms with E-state index in [0.29, 0.717) is 11.6 Å². The van der Waals surface area contributed by atoms with E-state index < -0.39 is 0 Å². The summed E-state index contributed by atoms with van der Waals surface area (Å²) in [5.74, 6) is 1.41. The van der Waals surface area contributed by atoms with Gasteiger partial charge in [-0.25, -0.2) is 19.9 Å². The summed E-state index contributed by atoms with van der Waals surface area (Å²) in [4.78, 5) is 21.4. The standard InChI is InChI=1S/C44H28N4S/c1-4-13-29(14-5-1)30-23-25-33(26-24-30)43-47-41(39-36-21-10-11-22-38(36)49-44(39)48-43)35-20-12-19-34(27-35)37-28-45-42(32-17-8-3-9-18-32)46-40(37)31-15-6-2-7-16-31/h1-28H. The highest BCUT2D eigenvalue weighted by Crippen LogP contribution is 2.41. The van der Waals surface area contributed by atoms with Gasteiger partial charge in [-0.2, -0.15) is 0 Å². The van der Waals surface area contributed by atoms with E-state index in [9.17, 15) is 0 Å². The lowest BCUT2D eigenvalue weighted by Crippen LogP contribution is -1.97. The molecule has 3 aromatic heterocycles. The molecule has 49 heavy (non-hydrogen) atoms. The van der Waals surface area contributed by atoms with E-state index in [2.05, 4.69) is 109 Å². The molecule has 0 aliphatic heterocycles. The van der Waals surface area contributed by atoms with Crippen LogP contribution in [0.4, 0.5) is 0 Å². The molecule has 6 aromatic carbocycles. The molecule has 0 N–H and O–H groups in total. The van der Waals surface area contributed by atoms with E-state index in [-0.39, 0.29) is 0 Å². The fourth-order valence-corrected chi connectivity index (χ4v) is 7.45. The molecule has 0 bridgehead atoms. The summed E-state index contributed by atoms with van der Waals surface area (Å²) in [7, 11) is 0. The zero-order chi connectivity index (χ0) is 32.6. The Kier molecular flexibility index (Phi) is 7.30. The fourth-order valence-electron chi connectivity index (χ4n) is 6.37. The first kappa shape index (κ1) is 28.9. The first-order valence-electron chi connectivity index (χ1n) is 16.2. The SMILES string of the molecule is c1ccc(-c2ccc(-c3nc(-c4cccc(-c5cnc(-c6ccccc6)nc5-c5ccccc5)c4)c4c(n3)sc3ccccc34)cc2)cc1. The van der Waals surface area contributed by atoms with Crippen LogP contribution >= 0.6 is 11.3 Å². The van der Waals surface area contributed by atoms with Crippen molar-refractivity contribution in [3.8, 4) is 67.5 Å². The summed E-state index contributed by atoms with van der Waals surface area (Å²) < 4.78 is 1.19. The second kappa shape index (κ2) is 12.4. The quantitative estimate of drug-likeness (QED) is 0.181. The predicted octanol–water partition coefficient (Wildman–Crippen LogP) is 11.6. The van der Waals surface area contributed by atoms with Crippen molar-refractivity contribution in [1.29, 1.82) is 0 Å². The normalized spacial score (nSPS) is 11.3. The molecule has 9 rings (SSSR count). The Hall–Kier alpha value is -6.30. The van der Waals surface area contributed by atoms with Gasteiger partial charge in [0.05, 0.1) is 11.4 Å². The maximum atomic E-state index is 5.30. The van der Waals surface area contributed by atoms with Crippen LogP contribution in [0.2, 0.25) is 0 Å². The Morgan fingerprint density at radius 2 is 0.939 bits per heavy atom. The van der Waals surface area contributed by atoms with Gasteiger partial charge in [0.15, 0.2) is 11.6 Å². The Morgan fingerprint density at radius 1 is 0.388 bits per heavy atom. The minimum absolute atomic E-state index is 0.699. The maximum Gasteiger partial charge on any atom is 0.161 e. The zero-order valence-electron chi connectivity index (χ0n) is 26.4. The Balaban J connectivity index is 1.21. The molecule has 0 aliphatic rings. The number of aromatic nitrogens is 4. The van der Waals surface area contributed by atoms with Crippen LogP contribution in [0.15, 0.2) is 170 Å². The lowest BCUT2D eigenvalue weighted by Gasteiger charge is -2.13. The summed E-state index contributed by atoms with van der Waals surface area (Å²) in [5, 5.41) is 2.23. The molecular formula is C44H28N4S. The molecule has 0 fully saturated rings.